The molecule has 20 heavy (non-hydrogen) atoms. The van der Waals surface area contributed by atoms with Crippen LogP contribution in [-0.2, 0) is 0 Å². The second kappa shape index (κ2) is 6.13. The molecule has 0 saturated heterocycles. The SMILES string of the molecule is Cc1cc(NC(=O)c2cc(I)ccc2O)cc(C)c1Br. The lowest BCUT2D eigenvalue weighted by atomic mass is 10.1. The number of amides is 1. The molecule has 0 aromatic heterocycles. The van der Waals surface area contributed by atoms with Crippen molar-refractivity contribution in [2.45, 2.75) is 13.8 Å². The molecule has 104 valence electrons. The number of benzene rings is 2. The lowest BCUT2D eigenvalue weighted by molar-refractivity contribution is 0.102. The Morgan fingerprint density at radius 2 is 1.80 bits per heavy atom. The van der Waals surface area contributed by atoms with E-state index >= 15 is 0 Å². The van der Waals surface area contributed by atoms with Crippen LogP contribution in [-0.4, -0.2) is 11.0 Å². The van der Waals surface area contributed by atoms with Crippen molar-refractivity contribution < 1.29 is 9.90 Å². The topological polar surface area (TPSA) is 49.3 Å². The maximum absolute atomic E-state index is 12.2. The molecule has 2 N–H and O–H groups in total. The summed E-state index contributed by atoms with van der Waals surface area (Å²) in [7, 11) is 0. The van der Waals surface area contributed by atoms with E-state index in [0.29, 0.717) is 5.69 Å². The molecule has 0 fully saturated rings. The summed E-state index contributed by atoms with van der Waals surface area (Å²) in [6.07, 6.45) is 0. The number of hydrogen-bond donors (Lipinski definition) is 2. The van der Waals surface area contributed by atoms with Gasteiger partial charge in [0, 0.05) is 13.7 Å². The van der Waals surface area contributed by atoms with Crippen molar-refractivity contribution >= 4 is 50.1 Å². The molecule has 2 aromatic rings. The maximum Gasteiger partial charge on any atom is 0.259 e. The number of phenols is 1. The van der Waals surface area contributed by atoms with Crippen molar-refractivity contribution in [3.05, 3.63) is 55.1 Å². The van der Waals surface area contributed by atoms with Gasteiger partial charge in [0.05, 0.1) is 5.56 Å². The van der Waals surface area contributed by atoms with Crippen LogP contribution < -0.4 is 5.32 Å². The Labute approximate surface area is 139 Å². The van der Waals surface area contributed by atoms with Crippen LogP contribution >= 0.6 is 38.5 Å². The largest absolute Gasteiger partial charge is 0.507 e. The molecule has 0 aliphatic carbocycles. The fourth-order valence-electron chi connectivity index (χ4n) is 1.91. The third kappa shape index (κ3) is 3.32. The first kappa shape index (κ1) is 15.3. The standard InChI is InChI=1S/C15H13BrINO2/c1-8-5-11(6-9(2)14(8)16)18-15(20)12-7-10(17)3-4-13(12)19/h3-7,19H,1-2H3,(H,18,20). The molecule has 0 radical (unpaired) electrons. The normalized spacial score (nSPS) is 10.4. The molecule has 0 saturated carbocycles. The van der Waals surface area contributed by atoms with Crippen LogP contribution in [0, 0.1) is 17.4 Å². The molecule has 3 nitrogen and oxygen atoms in total. The molecular formula is C15H13BrINO2. The monoisotopic (exact) mass is 445 g/mol. The smallest absolute Gasteiger partial charge is 0.259 e. The number of halogens is 2. The van der Waals surface area contributed by atoms with E-state index in [2.05, 4.69) is 43.8 Å². The fraction of sp³-hybridized carbons (Fsp3) is 0.133. The van der Waals surface area contributed by atoms with Gasteiger partial charge >= 0.3 is 0 Å². The lowest BCUT2D eigenvalue weighted by Gasteiger charge is -2.10. The number of carbonyl (C=O) groups is 1. The van der Waals surface area contributed by atoms with E-state index in [1.54, 1.807) is 12.1 Å². The van der Waals surface area contributed by atoms with Gasteiger partial charge in [-0.3, -0.25) is 4.79 Å². The molecular weight excluding hydrogens is 433 g/mol. The van der Waals surface area contributed by atoms with Gasteiger partial charge in [-0.05, 0) is 77.9 Å². The zero-order chi connectivity index (χ0) is 14.9. The predicted molar refractivity (Wildman–Crippen MR) is 92.4 cm³/mol. The maximum atomic E-state index is 12.2. The average Bonchev–Trinajstić information content (AvgIpc) is 2.38. The predicted octanol–water partition coefficient (Wildman–Crippen LogP) is 4.63. The van der Waals surface area contributed by atoms with Gasteiger partial charge in [0.1, 0.15) is 5.75 Å². The Morgan fingerprint density at radius 1 is 1.20 bits per heavy atom. The van der Waals surface area contributed by atoms with E-state index in [1.807, 2.05) is 26.0 Å². The van der Waals surface area contributed by atoms with Gasteiger partial charge in [-0.1, -0.05) is 15.9 Å². The number of aryl methyl sites for hydroxylation is 2. The highest BCUT2D eigenvalue weighted by Gasteiger charge is 2.12. The zero-order valence-electron chi connectivity index (χ0n) is 11.0. The Kier molecular flexibility index (Phi) is 4.70. The summed E-state index contributed by atoms with van der Waals surface area (Å²) >= 11 is 5.60. The summed E-state index contributed by atoms with van der Waals surface area (Å²) in [5.74, 6) is -0.337. The first-order chi connectivity index (χ1) is 9.38. The highest BCUT2D eigenvalue weighted by molar-refractivity contribution is 14.1. The molecule has 5 heteroatoms. The second-order valence-electron chi connectivity index (χ2n) is 4.54. The summed E-state index contributed by atoms with van der Waals surface area (Å²) in [6.45, 7) is 3.94. The lowest BCUT2D eigenvalue weighted by Crippen LogP contribution is -2.12. The van der Waals surface area contributed by atoms with Crippen LogP contribution in [0.15, 0.2) is 34.8 Å². The van der Waals surface area contributed by atoms with E-state index in [-0.39, 0.29) is 17.2 Å². The van der Waals surface area contributed by atoms with Crippen molar-refractivity contribution in [2.75, 3.05) is 5.32 Å². The molecule has 0 atom stereocenters. The number of phenolic OH excluding ortho intramolecular Hbond substituents is 1. The van der Waals surface area contributed by atoms with Crippen LogP contribution in [0.2, 0.25) is 0 Å². The van der Waals surface area contributed by atoms with Gasteiger partial charge < -0.3 is 10.4 Å². The fourth-order valence-corrected chi connectivity index (χ4v) is 2.63. The summed E-state index contributed by atoms with van der Waals surface area (Å²) < 4.78 is 1.93. The molecule has 0 spiro atoms. The van der Waals surface area contributed by atoms with Gasteiger partial charge in [0.2, 0.25) is 0 Å². The minimum atomic E-state index is -0.317. The highest BCUT2D eigenvalue weighted by atomic mass is 127. The van der Waals surface area contributed by atoms with Gasteiger partial charge in [-0.15, -0.1) is 0 Å². The number of nitrogens with one attached hydrogen (secondary N) is 1. The summed E-state index contributed by atoms with van der Waals surface area (Å²) in [5, 5.41) is 12.6. The first-order valence-corrected chi connectivity index (χ1v) is 7.82. The first-order valence-electron chi connectivity index (χ1n) is 5.95. The Balaban J connectivity index is 2.30. The quantitative estimate of drug-likeness (QED) is 0.662. The van der Waals surface area contributed by atoms with Gasteiger partial charge in [0.15, 0.2) is 0 Å². The Morgan fingerprint density at radius 3 is 2.40 bits per heavy atom. The second-order valence-corrected chi connectivity index (χ2v) is 6.58. The van der Waals surface area contributed by atoms with Crippen molar-refractivity contribution in [1.29, 1.82) is 0 Å². The van der Waals surface area contributed by atoms with Crippen LogP contribution in [0.25, 0.3) is 0 Å². The molecule has 0 heterocycles. The number of carbonyl (C=O) groups excluding carboxylic acids is 1. The van der Waals surface area contributed by atoms with Crippen molar-refractivity contribution in [3.8, 4) is 5.75 Å². The minimum absolute atomic E-state index is 0.0199. The van der Waals surface area contributed by atoms with E-state index in [9.17, 15) is 9.90 Å². The van der Waals surface area contributed by atoms with E-state index in [1.165, 1.54) is 6.07 Å². The van der Waals surface area contributed by atoms with Crippen LogP contribution in [0.4, 0.5) is 5.69 Å². The average molecular weight is 446 g/mol. The molecule has 0 aliphatic heterocycles. The highest BCUT2D eigenvalue weighted by Crippen LogP contribution is 2.26. The van der Waals surface area contributed by atoms with E-state index < -0.39 is 0 Å². The van der Waals surface area contributed by atoms with Crippen LogP contribution in [0.5, 0.6) is 5.75 Å². The molecule has 2 rings (SSSR count). The third-order valence-electron chi connectivity index (χ3n) is 2.90. The van der Waals surface area contributed by atoms with E-state index in [0.717, 1.165) is 19.2 Å². The number of hydrogen-bond acceptors (Lipinski definition) is 2. The van der Waals surface area contributed by atoms with Crippen LogP contribution in [0.1, 0.15) is 21.5 Å². The number of rotatable bonds is 2. The molecule has 1 amide bonds. The summed E-state index contributed by atoms with van der Waals surface area (Å²) in [4.78, 5) is 12.2. The molecule has 0 bridgehead atoms. The third-order valence-corrected chi connectivity index (χ3v) is 4.82. The van der Waals surface area contributed by atoms with Crippen molar-refractivity contribution in [1.82, 2.24) is 0 Å². The van der Waals surface area contributed by atoms with Crippen molar-refractivity contribution in [3.63, 3.8) is 0 Å². The molecule has 2 aromatic carbocycles. The minimum Gasteiger partial charge on any atom is -0.507 e. The summed E-state index contributed by atoms with van der Waals surface area (Å²) in [5.41, 5.74) is 3.08. The summed E-state index contributed by atoms with van der Waals surface area (Å²) in [6, 6.07) is 8.71. The Hall–Kier alpha value is -1.08. The number of aromatic hydroxyl groups is 1. The van der Waals surface area contributed by atoms with Gasteiger partial charge in [0.25, 0.3) is 5.91 Å². The van der Waals surface area contributed by atoms with Crippen molar-refractivity contribution in [2.24, 2.45) is 0 Å². The van der Waals surface area contributed by atoms with Gasteiger partial charge in [-0.2, -0.15) is 0 Å². The zero-order valence-corrected chi connectivity index (χ0v) is 14.7. The van der Waals surface area contributed by atoms with Gasteiger partial charge in [-0.25, -0.2) is 0 Å². The molecule has 0 aliphatic rings. The Bertz CT molecular complexity index is 663. The van der Waals surface area contributed by atoms with E-state index in [4.69, 9.17) is 0 Å². The number of anilines is 1. The molecule has 0 unspecified atom stereocenters. The van der Waals surface area contributed by atoms with Crippen LogP contribution in [0.3, 0.4) is 0 Å².